The van der Waals surface area contributed by atoms with Crippen molar-refractivity contribution in [3.63, 3.8) is 0 Å². The molecule has 0 bridgehead atoms. The van der Waals surface area contributed by atoms with Crippen molar-refractivity contribution >= 4 is 21.8 Å². The van der Waals surface area contributed by atoms with Gasteiger partial charge in [0.25, 0.3) is 5.91 Å². The average Bonchev–Trinajstić information content (AvgIpc) is 2.27. The van der Waals surface area contributed by atoms with E-state index in [4.69, 9.17) is 0 Å². The number of nitrogens with zero attached hydrogens (tertiary/aromatic N) is 1. The molecule has 5 heteroatoms. The Labute approximate surface area is 107 Å². The second-order valence-electron chi connectivity index (χ2n) is 4.37. The summed E-state index contributed by atoms with van der Waals surface area (Å²) in [4.78, 5) is 13.4. The number of rotatable bonds is 2. The van der Waals surface area contributed by atoms with Crippen LogP contribution in [0.25, 0.3) is 0 Å². The third-order valence-electron chi connectivity index (χ3n) is 3.08. The molecular formula is C12H13BrFNO2. The Balaban J connectivity index is 2.09. The van der Waals surface area contributed by atoms with E-state index in [9.17, 15) is 14.3 Å². The molecule has 3 nitrogen and oxygen atoms in total. The van der Waals surface area contributed by atoms with Gasteiger partial charge in [-0.3, -0.25) is 4.79 Å². The number of hydrogen-bond donors (Lipinski definition) is 1. The molecule has 1 aliphatic rings. The standard InChI is InChI=1S/C12H13BrFNO2/c1-2-12(17)6-15(7-12)11(16)8-3-4-9(13)10(14)5-8/h3-5,17H,2,6-7H2,1H3. The van der Waals surface area contributed by atoms with E-state index in [-0.39, 0.29) is 5.91 Å². The van der Waals surface area contributed by atoms with Crippen LogP contribution < -0.4 is 0 Å². The van der Waals surface area contributed by atoms with Gasteiger partial charge in [0.1, 0.15) is 5.82 Å². The predicted octanol–water partition coefficient (Wildman–Crippen LogP) is 2.19. The summed E-state index contributed by atoms with van der Waals surface area (Å²) < 4.78 is 13.6. The molecule has 0 atom stereocenters. The van der Waals surface area contributed by atoms with Crippen molar-refractivity contribution in [2.75, 3.05) is 13.1 Å². The van der Waals surface area contributed by atoms with Gasteiger partial charge in [0.05, 0.1) is 23.2 Å². The molecule has 92 valence electrons. The third-order valence-corrected chi connectivity index (χ3v) is 3.73. The fourth-order valence-corrected chi connectivity index (χ4v) is 2.09. The zero-order valence-electron chi connectivity index (χ0n) is 9.41. The van der Waals surface area contributed by atoms with E-state index in [0.29, 0.717) is 29.5 Å². The topological polar surface area (TPSA) is 40.5 Å². The Morgan fingerprint density at radius 1 is 1.59 bits per heavy atom. The number of aliphatic hydroxyl groups is 1. The summed E-state index contributed by atoms with van der Waals surface area (Å²) in [5.74, 6) is -0.698. The van der Waals surface area contributed by atoms with Crippen LogP contribution in [0, 0.1) is 5.82 Å². The van der Waals surface area contributed by atoms with E-state index < -0.39 is 11.4 Å². The molecule has 1 fully saturated rings. The molecule has 2 rings (SSSR count). The number of halogens is 2. The molecule has 1 heterocycles. The summed E-state index contributed by atoms with van der Waals surface area (Å²) in [6, 6.07) is 4.28. The zero-order chi connectivity index (χ0) is 12.6. The van der Waals surface area contributed by atoms with Crippen LogP contribution in [0.2, 0.25) is 0 Å². The SMILES string of the molecule is CCC1(O)CN(C(=O)c2ccc(Br)c(F)c2)C1. The Bertz CT molecular complexity index is 458. The highest BCUT2D eigenvalue weighted by Gasteiger charge is 2.42. The van der Waals surface area contributed by atoms with Crippen LogP contribution >= 0.6 is 15.9 Å². The van der Waals surface area contributed by atoms with E-state index in [1.165, 1.54) is 17.0 Å². The maximum atomic E-state index is 13.3. The second kappa shape index (κ2) is 4.38. The van der Waals surface area contributed by atoms with Crippen molar-refractivity contribution in [2.24, 2.45) is 0 Å². The minimum absolute atomic E-state index is 0.241. The lowest BCUT2D eigenvalue weighted by Crippen LogP contribution is -2.63. The first-order valence-electron chi connectivity index (χ1n) is 5.42. The van der Waals surface area contributed by atoms with Crippen molar-refractivity contribution in [2.45, 2.75) is 18.9 Å². The lowest BCUT2D eigenvalue weighted by molar-refractivity contribution is -0.0826. The number of likely N-dealkylation sites (tertiary alicyclic amines) is 1. The first kappa shape index (κ1) is 12.5. The summed E-state index contributed by atoms with van der Waals surface area (Å²) in [6.07, 6.45) is 0.617. The number of carbonyl (C=O) groups excluding carboxylic acids is 1. The molecule has 17 heavy (non-hydrogen) atoms. The molecule has 0 saturated carbocycles. The van der Waals surface area contributed by atoms with Gasteiger partial charge in [-0.05, 0) is 40.5 Å². The normalized spacial score (nSPS) is 17.8. The summed E-state index contributed by atoms with van der Waals surface area (Å²) in [6.45, 7) is 2.52. The van der Waals surface area contributed by atoms with Gasteiger partial charge in [-0.1, -0.05) is 6.92 Å². The Hall–Kier alpha value is -0.940. The number of benzene rings is 1. The highest BCUT2D eigenvalue weighted by atomic mass is 79.9. The summed E-state index contributed by atoms with van der Waals surface area (Å²) >= 11 is 3.04. The predicted molar refractivity (Wildman–Crippen MR) is 65.2 cm³/mol. The van der Waals surface area contributed by atoms with Crippen LogP contribution in [0.15, 0.2) is 22.7 Å². The van der Waals surface area contributed by atoms with E-state index in [1.807, 2.05) is 6.92 Å². The Morgan fingerprint density at radius 3 is 2.76 bits per heavy atom. The van der Waals surface area contributed by atoms with E-state index >= 15 is 0 Å². The highest BCUT2D eigenvalue weighted by Crippen LogP contribution is 2.26. The van der Waals surface area contributed by atoms with Crippen molar-refractivity contribution < 1.29 is 14.3 Å². The van der Waals surface area contributed by atoms with Gasteiger partial charge in [0.2, 0.25) is 0 Å². The molecular weight excluding hydrogens is 289 g/mol. The summed E-state index contributed by atoms with van der Waals surface area (Å²) in [5, 5.41) is 9.81. The van der Waals surface area contributed by atoms with E-state index in [0.717, 1.165) is 0 Å². The van der Waals surface area contributed by atoms with Gasteiger partial charge in [-0.25, -0.2) is 4.39 Å². The number of hydrogen-bond acceptors (Lipinski definition) is 2. The fourth-order valence-electron chi connectivity index (χ4n) is 1.84. The monoisotopic (exact) mass is 301 g/mol. The molecule has 0 spiro atoms. The molecule has 1 aromatic rings. The van der Waals surface area contributed by atoms with E-state index in [2.05, 4.69) is 15.9 Å². The molecule has 0 aliphatic carbocycles. The van der Waals surface area contributed by atoms with Crippen molar-refractivity contribution in [3.05, 3.63) is 34.1 Å². The largest absolute Gasteiger partial charge is 0.386 e. The second-order valence-corrected chi connectivity index (χ2v) is 5.22. The Morgan fingerprint density at radius 2 is 2.24 bits per heavy atom. The molecule has 1 aromatic carbocycles. The van der Waals surface area contributed by atoms with Crippen molar-refractivity contribution in [1.82, 2.24) is 4.90 Å². The van der Waals surface area contributed by atoms with Crippen molar-refractivity contribution in [1.29, 1.82) is 0 Å². The van der Waals surface area contributed by atoms with Crippen LogP contribution in [0.5, 0.6) is 0 Å². The lowest BCUT2D eigenvalue weighted by Gasteiger charge is -2.46. The van der Waals surface area contributed by atoms with Crippen LogP contribution in [-0.2, 0) is 0 Å². The first-order chi connectivity index (χ1) is 7.95. The van der Waals surface area contributed by atoms with Crippen LogP contribution in [0.4, 0.5) is 4.39 Å². The molecule has 1 aliphatic heterocycles. The molecule has 0 aromatic heterocycles. The van der Waals surface area contributed by atoms with Crippen LogP contribution in [0.1, 0.15) is 23.7 Å². The van der Waals surface area contributed by atoms with Gasteiger partial charge in [0, 0.05) is 5.56 Å². The van der Waals surface area contributed by atoms with Crippen LogP contribution in [-0.4, -0.2) is 34.6 Å². The van der Waals surface area contributed by atoms with Crippen LogP contribution in [0.3, 0.4) is 0 Å². The molecule has 0 radical (unpaired) electrons. The maximum Gasteiger partial charge on any atom is 0.254 e. The highest BCUT2D eigenvalue weighted by molar-refractivity contribution is 9.10. The van der Waals surface area contributed by atoms with E-state index in [1.54, 1.807) is 6.07 Å². The smallest absolute Gasteiger partial charge is 0.254 e. The van der Waals surface area contributed by atoms with Crippen molar-refractivity contribution in [3.8, 4) is 0 Å². The van der Waals surface area contributed by atoms with Gasteiger partial charge in [-0.2, -0.15) is 0 Å². The summed E-state index contributed by atoms with van der Waals surface area (Å²) in [7, 11) is 0. The number of carbonyl (C=O) groups is 1. The van der Waals surface area contributed by atoms with Gasteiger partial charge in [-0.15, -0.1) is 0 Å². The van der Waals surface area contributed by atoms with Gasteiger partial charge in [0.15, 0.2) is 0 Å². The molecule has 1 amide bonds. The molecule has 1 saturated heterocycles. The third kappa shape index (κ3) is 2.35. The fraction of sp³-hybridized carbons (Fsp3) is 0.417. The lowest BCUT2D eigenvalue weighted by atomic mass is 9.90. The Kier molecular flexibility index (Phi) is 3.23. The minimum Gasteiger partial charge on any atom is -0.386 e. The first-order valence-corrected chi connectivity index (χ1v) is 6.21. The van der Waals surface area contributed by atoms with Gasteiger partial charge < -0.3 is 10.0 Å². The number of amides is 1. The maximum absolute atomic E-state index is 13.3. The zero-order valence-corrected chi connectivity index (χ0v) is 11.0. The number of β-amino-alcohol motifs (C(OH)–C–C–N with tert-alkyl or cyclic N) is 1. The average molecular weight is 302 g/mol. The minimum atomic E-state index is -0.760. The summed E-state index contributed by atoms with van der Waals surface area (Å²) in [5.41, 5.74) is -0.451. The van der Waals surface area contributed by atoms with Gasteiger partial charge >= 0.3 is 0 Å². The molecule has 0 unspecified atom stereocenters. The molecule has 1 N–H and O–H groups in total. The quantitative estimate of drug-likeness (QED) is 0.910.